The number of nitrogens with zero attached hydrogens (tertiary/aromatic N) is 1. The fourth-order valence-corrected chi connectivity index (χ4v) is 2.20. The topological polar surface area (TPSA) is 85.3 Å². The molecule has 0 saturated carbocycles. The predicted octanol–water partition coefficient (Wildman–Crippen LogP) is 0.774. The Morgan fingerprint density at radius 2 is 1.91 bits per heavy atom. The van der Waals surface area contributed by atoms with Crippen LogP contribution < -0.4 is 9.47 Å². The van der Waals surface area contributed by atoms with Crippen LogP contribution in [0.2, 0.25) is 0 Å². The van der Waals surface area contributed by atoms with Crippen molar-refractivity contribution in [3.8, 4) is 11.5 Å². The summed E-state index contributed by atoms with van der Waals surface area (Å²) >= 11 is 0. The van der Waals surface area contributed by atoms with Gasteiger partial charge in [0.2, 0.25) is 6.10 Å². The smallest absolute Gasteiger partial charge is 0.323 e. The van der Waals surface area contributed by atoms with Crippen LogP contribution in [0.15, 0.2) is 24.3 Å². The average molecular weight is 309 g/mol. The van der Waals surface area contributed by atoms with Gasteiger partial charge in [0.1, 0.15) is 12.6 Å². The number of methoxy groups -OCH3 is 1. The molecule has 2 unspecified atom stereocenters. The number of benzene rings is 1. The van der Waals surface area contributed by atoms with E-state index in [9.17, 15) is 9.59 Å². The van der Waals surface area contributed by atoms with E-state index in [-0.39, 0.29) is 13.2 Å². The van der Waals surface area contributed by atoms with E-state index in [1.54, 1.807) is 25.1 Å². The van der Waals surface area contributed by atoms with Crippen LogP contribution in [0.1, 0.15) is 6.92 Å². The minimum Gasteiger partial charge on any atom is -0.482 e. The molecule has 1 aliphatic rings. The van der Waals surface area contributed by atoms with Gasteiger partial charge in [0, 0.05) is 13.7 Å². The number of para-hydroxylation sites is 2. The Bertz CT molecular complexity index is 547. The van der Waals surface area contributed by atoms with Crippen LogP contribution >= 0.6 is 0 Å². The molecule has 0 spiro atoms. The number of amides is 1. The van der Waals surface area contributed by atoms with E-state index in [1.165, 1.54) is 12.0 Å². The van der Waals surface area contributed by atoms with Crippen LogP contribution in [0.3, 0.4) is 0 Å². The van der Waals surface area contributed by atoms with Crippen LogP contribution in [-0.2, 0) is 14.3 Å². The number of aliphatic carboxylic acids is 1. The summed E-state index contributed by atoms with van der Waals surface area (Å²) < 4.78 is 16.3. The van der Waals surface area contributed by atoms with Gasteiger partial charge in [-0.15, -0.1) is 0 Å². The first-order valence-corrected chi connectivity index (χ1v) is 6.94. The first kappa shape index (κ1) is 16.1. The second-order valence-electron chi connectivity index (χ2n) is 4.95. The fourth-order valence-electron chi connectivity index (χ4n) is 2.20. The number of rotatable bonds is 6. The molecule has 2 atom stereocenters. The highest BCUT2D eigenvalue weighted by Gasteiger charge is 2.37. The number of fused-ring (bicyclic) bond motifs is 1. The van der Waals surface area contributed by atoms with E-state index in [2.05, 4.69) is 0 Å². The van der Waals surface area contributed by atoms with Gasteiger partial charge >= 0.3 is 5.97 Å². The second kappa shape index (κ2) is 7.13. The van der Waals surface area contributed by atoms with Gasteiger partial charge in [-0.2, -0.15) is 0 Å². The summed E-state index contributed by atoms with van der Waals surface area (Å²) in [6.45, 7) is 1.73. The first-order valence-electron chi connectivity index (χ1n) is 6.94. The Labute approximate surface area is 128 Å². The molecule has 1 aromatic rings. The lowest BCUT2D eigenvalue weighted by molar-refractivity contribution is -0.151. The number of carbonyl (C=O) groups is 2. The maximum atomic E-state index is 12.6. The fraction of sp³-hybridized carbons (Fsp3) is 0.467. The minimum absolute atomic E-state index is 0.176. The Balaban J connectivity index is 2.14. The monoisotopic (exact) mass is 309 g/mol. The zero-order valence-corrected chi connectivity index (χ0v) is 12.5. The number of carboxylic acid groups (broad SMARTS) is 1. The SMILES string of the molecule is COCCN(CC(=O)O)C(=O)C1Oc2ccccc2OC1C. The normalized spacial score (nSPS) is 19.5. The summed E-state index contributed by atoms with van der Waals surface area (Å²) in [7, 11) is 1.49. The molecule has 2 rings (SSSR count). The summed E-state index contributed by atoms with van der Waals surface area (Å²) in [5.74, 6) is -0.475. The zero-order chi connectivity index (χ0) is 16.1. The molecule has 7 heteroatoms. The molecule has 0 fully saturated rings. The van der Waals surface area contributed by atoms with Crippen LogP contribution in [0.5, 0.6) is 11.5 Å². The molecule has 7 nitrogen and oxygen atoms in total. The molecule has 0 aromatic heterocycles. The van der Waals surface area contributed by atoms with Crippen LogP contribution in [0.4, 0.5) is 0 Å². The van der Waals surface area contributed by atoms with Gasteiger partial charge in [0.25, 0.3) is 5.91 Å². The lowest BCUT2D eigenvalue weighted by atomic mass is 10.1. The molecule has 1 heterocycles. The highest BCUT2D eigenvalue weighted by molar-refractivity contribution is 5.85. The average Bonchev–Trinajstić information content (AvgIpc) is 2.49. The molecule has 0 radical (unpaired) electrons. The van der Waals surface area contributed by atoms with Gasteiger partial charge in [0.15, 0.2) is 11.5 Å². The van der Waals surface area contributed by atoms with Crippen molar-refractivity contribution >= 4 is 11.9 Å². The molecule has 1 N–H and O–H groups in total. The van der Waals surface area contributed by atoms with Crippen LogP contribution in [0, 0.1) is 0 Å². The van der Waals surface area contributed by atoms with Crippen molar-refractivity contribution in [2.45, 2.75) is 19.1 Å². The molecule has 1 aliphatic heterocycles. The molecule has 0 saturated heterocycles. The van der Waals surface area contributed by atoms with Crippen molar-refractivity contribution in [3.63, 3.8) is 0 Å². The summed E-state index contributed by atoms with van der Waals surface area (Å²) in [6, 6.07) is 7.05. The van der Waals surface area contributed by atoms with Crippen molar-refractivity contribution in [1.29, 1.82) is 0 Å². The zero-order valence-electron chi connectivity index (χ0n) is 12.5. The van der Waals surface area contributed by atoms with Crippen molar-refractivity contribution < 1.29 is 28.9 Å². The third-order valence-corrected chi connectivity index (χ3v) is 3.29. The van der Waals surface area contributed by atoms with Crippen molar-refractivity contribution in [2.24, 2.45) is 0 Å². The highest BCUT2D eigenvalue weighted by atomic mass is 16.6. The maximum Gasteiger partial charge on any atom is 0.323 e. The molecule has 0 bridgehead atoms. The molecule has 22 heavy (non-hydrogen) atoms. The number of hydrogen-bond acceptors (Lipinski definition) is 5. The summed E-state index contributed by atoms with van der Waals surface area (Å²) in [5, 5.41) is 8.95. The number of ether oxygens (including phenoxy) is 3. The third kappa shape index (κ3) is 3.67. The van der Waals surface area contributed by atoms with Gasteiger partial charge < -0.3 is 24.2 Å². The second-order valence-corrected chi connectivity index (χ2v) is 4.95. The quantitative estimate of drug-likeness (QED) is 0.835. The predicted molar refractivity (Wildman–Crippen MR) is 77.0 cm³/mol. The van der Waals surface area contributed by atoms with E-state index in [4.69, 9.17) is 19.3 Å². The lowest BCUT2D eigenvalue weighted by Crippen LogP contribution is -2.52. The Hall–Kier alpha value is -2.28. The Morgan fingerprint density at radius 1 is 1.27 bits per heavy atom. The molecular weight excluding hydrogens is 290 g/mol. The van der Waals surface area contributed by atoms with Gasteiger partial charge in [-0.05, 0) is 19.1 Å². The van der Waals surface area contributed by atoms with E-state index in [0.717, 1.165) is 0 Å². The van der Waals surface area contributed by atoms with Crippen LogP contribution in [-0.4, -0.2) is 60.9 Å². The Morgan fingerprint density at radius 3 is 2.50 bits per heavy atom. The summed E-state index contributed by atoms with van der Waals surface area (Å²) in [6.07, 6.45) is -1.40. The van der Waals surface area contributed by atoms with E-state index in [0.29, 0.717) is 11.5 Å². The van der Waals surface area contributed by atoms with Gasteiger partial charge in [0.05, 0.1) is 6.61 Å². The van der Waals surface area contributed by atoms with Gasteiger partial charge in [-0.25, -0.2) is 0 Å². The van der Waals surface area contributed by atoms with Crippen molar-refractivity contribution in [2.75, 3.05) is 26.8 Å². The van der Waals surface area contributed by atoms with E-state index < -0.39 is 30.6 Å². The van der Waals surface area contributed by atoms with Gasteiger partial charge in [-0.1, -0.05) is 12.1 Å². The van der Waals surface area contributed by atoms with E-state index in [1.807, 2.05) is 6.07 Å². The third-order valence-electron chi connectivity index (χ3n) is 3.29. The minimum atomic E-state index is -1.09. The largest absolute Gasteiger partial charge is 0.482 e. The Kier molecular flexibility index (Phi) is 5.21. The van der Waals surface area contributed by atoms with E-state index >= 15 is 0 Å². The highest BCUT2D eigenvalue weighted by Crippen LogP contribution is 2.33. The first-order chi connectivity index (χ1) is 10.5. The van der Waals surface area contributed by atoms with Gasteiger partial charge in [-0.3, -0.25) is 9.59 Å². The number of carboxylic acids is 1. The molecule has 1 amide bonds. The van der Waals surface area contributed by atoms with Crippen molar-refractivity contribution in [1.82, 2.24) is 4.90 Å². The van der Waals surface area contributed by atoms with Crippen molar-refractivity contribution in [3.05, 3.63) is 24.3 Å². The number of hydrogen-bond donors (Lipinski definition) is 1. The number of carbonyl (C=O) groups excluding carboxylic acids is 1. The standard InChI is InChI=1S/C15H19NO6/c1-10-14(22-12-6-4-3-5-11(12)21-10)15(19)16(7-8-20-2)9-13(17)18/h3-6,10,14H,7-9H2,1-2H3,(H,17,18). The lowest BCUT2D eigenvalue weighted by Gasteiger charge is -2.34. The molecule has 1 aromatic carbocycles. The molecular formula is C15H19NO6. The maximum absolute atomic E-state index is 12.6. The summed E-state index contributed by atoms with van der Waals surface area (Å²) in [5.41, 5.74) is 0. The van der Waals surface area contributed by atoms with Crippen LogP contribution in [0.25, 0.3) is 0 Å². The summed E-state index contributed by atoms with van der Waals surface area (Å²) in [4.78, 5) is 24.7. The molecule has 0 aliphatic carbocycles. The molecule has 120 valence electrons.